The molecule has 1 rings (SSSR count). The molecule has 0 aliphatic rings. The molecule has 2 N–H and O–H groups in total. The first-order valence-corrected chi connectivity index (χ1v) is 27.7. The van der Waals surface area contributed by atoms with Gasteiger partial charge in [-0.25, -0.2) is 56.9 Å². The summed E-state index contributed by atoms with van der Waals surface area (Å²) in [6.07, 6.45) is 10.6. The number of aromatic nitrogens is 3. The third-order valence-electron chi connectivity index (χ3n) is 11.0. The average Bonchev–Trinajstić information content (AvgIpc) is 3.38. The highest BCUT2D eigenvalue weighted by atomic mass is 32.2. The van der Waals surface area contributed by atoms with Crippen LogP contribution in [0.2, 0.25) is 0 Å². The lowest BCUT2D eigenvalue weighted by molar-refractivity contribution is -0.146. The third-order valence-corrected chi connectivity index (χ3v) is 13.3. The number of halogens is 3. The Balaban J connectivity index is 2.37. The van der Waals surface area contributed by atoms with Crippen LogP contribution in [0.15, 0.2) is 65.0 Å². The summed E-state index contributed by atoms with van der Waals surface area (Å²) in [5.74, 6) is -0.102. The monoisotopic (exact) mass is 1120 g/mol. The molecule has 0 bridgehead atoms. The molecule has 20 nitrogen and oxygen atoms in total. The fraction of sp³-hybridized carbons (Fsp3) is 0.667. The summed E-state index contributed by atoms with van der Waals surface area (Å²) in [5, 5.41) is 5.14. The molecular weight excluding hydrogens is 1040 g/mol. The van der Waals surface area contributed by atoms with Gasteiger partial charge in [0.05, 0.1) is 13.2 Å². The smallest absolute Gasteiger partial charge is 0.407 e. The minimum absolute atomic E-state index is 0.0878. The number of carbonyl (C=O) groups excluding carboxylic acids is 6. The van der Waals surface area contributed by atoms with Crippen molar-refractivity contribution >= 4 is 59.6 Å². The largest absolute Gasteiger partial charge is 0.460 e. The molecule has 0 saturated carbocycles. The van der Waals surface area contributed by atoms with E-state index in [1.807, 2.05) is 0 Å². The summed E-state index contributed by atoms with van der Waals surface area (Å²) >= 11 is 3.22. The number of ether oxygens (including phenoxy) is 6. The Morgan fingerprint density at radius 1 is 0.447 bits per heavy atom. The van der Waals surface area contributed by atoms with Gasteiger partial charge in [-0.15, -0.1) is 0 Å². The Kier molecular flexibility index (Phi) is 34.8. The maximum atomic E-state index is 13.4. The zero-order chi connectivity index (χ0) is 56.8. The molecule has 1 heterocycles. The Morgan fingerprint density at radius 2 is 0.724 bits per heavy atom. The van der Waals surface area contributed by atoms with Crippen LogP contribution in [0.3, 0.4) is 0 Å². The number of esters is 4. The highest BCUT2D eigenvalue weighted by Crippen LogP contribution is 2.17. The number of hydrogen-bond acceptors (Lipinski definition) is 17. The number of hydrogen-bond donors (Lipinski definition) is 2. The summed E-state index contributed by atoms with van der Waals surface area (Å²) in [7, 11) is 0. The van der Waals surface area contributed by atoms with Crippen LogP contribution in [0.25, 0.3) is 0 Å². The molecule has 1 aromatic rings. The second-order valence-corrected chi connectivity index (χ2v) is 20.6. The Morgan fingerprint density at radius 3 is 1.03 bits per heavy atom. The van der Waals surface area contributed by atoms with Crippen molar-refractivity contribution in [1.82, 2.24) is 24.3 Å². The predicted molar refractivity (Wildman–Crippen MR) is 284 cm³/mol. The topological polar surface area (TPSA) is 248 Å². The molecule has 0 unspecified atom stereocenters. The molecule has 76 heavy (non-hydrogen) atoms. The van der Waals surface area contributed by atoms with Gasteiger partial charge in [0.1, 0.15) is 44.1 Å². The van der Waals surface area contributed by atoms with Crippen LogP contribution >= 0.6 is 23.5 Å². The Bertz CT molecular complexity index is 2010. The fourth-order valence-electron chi connectivity index (χ4n) is 6.89. The third kappa shape index (κ3) is 31.4. The molecule has 25 heteroatoms. The maximum absolute atomic E-state index is 13.4. The SMILES string of the molecule is C=CC(=O)OCC(C)(COC(=O)C=C)NC(=O)OCCCCCCCCCSCCCn1c(=O)n(CCCSCCCCCCCCCOC(=O)NC(C)(COC(=O)C=C)COC(=O)C=C)c(=O)n(CC(F)(F)F)c1=O. The molecule has 0 aliphatic heterocycles. The molecule has 0 fully saturated rings. The minimum Gasteiger partial charge on any atom is -0.460 e. The number of nitrogens with zero attached hydrogens (tertiary/aromatic N) is 3. The Hall–Kier alpha value is -5.72. The van der Waals surface area contributed by atoms with E-state index in [0.29, 0.717) is 37.2 Å². The molecule has 1 aromatic heterocycles. The van der Waals surface area contributed by atoms with E-state index in [9.17, 15) is 56.3 Å². The van der Waals surface area contributed by atoms with Crippen molar-refractivity contribution in [1.29, 1.82) is 0 Å². The van der Waals surface area contributed by atoms with Gasteiger partial charge in [0.2, 0.25) is 0 Å². The molecule has 430 valence electrons. The average molecular weight is 1120 g/mol. The van der Waals surface area contributed by atoms with E-state index in [2.05, 4.69) is 36.9 Å². The zero-order valence-electron chi connectivity index (χ0n) is 44.1. The zero-order valence-corrected chi connectivity index (χ0v) is 45.7. The molecule has 0 aliphatic carbocycles. The number of carbonyl (C=O) groups is 6. The van der Waals surface area contributed by atoms with E-state index >= 15 is 0 Å². The van der Waals surface area contributed by atoms with Crippen LogP contribution in [0, 0.1) is 0 Å². The molecule has 0 saturated heterocycles. The lowest BCUT2D eigenvalue weighted by atomic mass is 10.1. The molecule has 0 atom stereocenters. The predicted octanol–water partition coefficient (Wildman–Crippen LogP) is 7.33. The van der Waals surface area contributed by atoms with E-state index in [0.717, 1.165) is 122 Å². The lowest BCUT2D eigenvalue weighted by Gasteiger charge is -2.29. The van der Waals surface area contributed by atoms with Crippen molar-refractivity contribution in [2.24, 2.45) is 0 Å². The first-order valence-electron chi connectivity index (χ1n) is 25.4. The van der Waals surface area contributed by atoms with Crippen molar-refractivity contribution in [3.05, 3.63) is 82.1 Å². The summed E-state index contributed by atoms with van der Waals surface area (Å²) in [5.41, 5.74) is -5.97. The van der Waals surface area contributed by atoms with Gasteiger partial charge in [0, 0.05) is 37.4 Å². The highest BCUT2D eigenvalue weighted by molar-refractivity contribution is 7.99. The van der Waals surface area contributed by atoms with Crippen LogP contribution in [-0.4, -0.2) is 130 Å². The molecule has 2 amide bonds. The van der Waals surface area contributed by atoms with Crippen molar-refractivity contribution in [3.8, 4) is 0 Å². The second kappa shape index (κ2) is 38.8. The number of alkyl halides is 3. The van der Waals surface area contributed by atoms with E-state index in [-0.39, 0.29) is 57.3 Å². The van der Waals surface area contributed by atoms with Crippen LogP contribution in [0.5, 0.6) is 0 Å². The molecule has 0 spiro atoms. The first-order chi connectivity index (χ1) is 36.1. The number of amides is 2. The van der Waals surface area contributed by atoms with Gasteiger partial charge in [-0.1, -0.05) is 90.5 Å². The molecular formula is C51H78F3N5O15S2. The summed E-state index contributed by atoms with van der Waals surface area (Å²) < 4.78 is 72.5. The van der Waals surface area contributed by atoms with Crippen molar-refractivity contribution in [2.75, 3.05) is 62.7 Å². The number of alkyl carbamates (subject to hydrolysis) is 2. The van der Waals surface area contributed by atoms with Gasteiger partial charge < -0.3 is 39.1 Å². The lowest BCUT2D eigenvalue weighted by Crippen LogP contribution is -2.55. The van der Waals surface area contributed by atoms with Crippen LogP contribution in [0.1, 0.15) is 117 Å². The van der Waals surface area contributed by atoms with Gasteiger partial charge >= 0.3 is 59.3 Å². The number of nitrogens with one attached hydrogen (secondary N) is 2. The van der Waals surface area contributed by atoms with E-state index in [1.54, 1.807) is 23.5 Å². The number of thioether (sulfide) groups is 2. The highest BCUT2D eigenvalue weighted by Gasteiger charge is 2.33. The van der Waals surface area contributed by atoms with Crippen molar-refractivity contribution < 1.29 is 70.4 Å². The van der Waals surface area contributed by atoms with E-state index in [4.69, 9.17) is 28.4 Å². The van der Waals surface area contributed by atoms with E-state index in [1.165, 1.54) is 13.8 Å². The fourth-order valence-corrected chi connectivity index (χ4v) is 8.78. The quantitative estimate of drug-likeness (QED) is 0.0281. The minimum atomic E-state index is -4.85. The standard InChI is InChI=1S/C51H78F3N5O15S2/c1-7-40(60)71-36-49(5,37-72-41(61)8-2)55-44(64)69-29-21-17-13-11-15-19-23-31-75-33-25-27-57-46(66)58(48(68)59(47(57)67)35-51(52,53)54)28-26-34-76-32-24-20-16-12-14-18-22-30-70-45(65)56-50(6,38-73-42(62)9-3)39-74-43(63)10-4/h7-10H,1-4,11-39H2,5-6H3,(H,55,64)(H,56,65). The van der Waals surface area contributed by atoms with Gasteiger partial charge in [-0.05, 0) is 75.4 Å². The summed E-state index contributed by atoms with van der Waals surface area (Å²) in [6, 6.07) is 0. The van der Waals surface area contributed by atoms with Crippen LogP contribution < -0.4 is 27.7 Å². The van der Waals surface area contributed by atoms with Crippen molar-refractivity contribution in [3.63, 3.8) is 0 Å². The number of rotatable bonds is 43. The normalized spacial score (nSPS) is 11.4. The summed E-state index contributed by atoms with van der Waals surface area (Å²) in [4.78, 5) is 110. The first kappa shape index (κ1) is 68.3. The molecule has 0 aromatic carbocycles. The number of unbranched alkanes of at least 4 members (excludes halogenated alkanes) is 12. The summed E-state index contributed by atoms with van der Waals surface area (Å²) in [6.45, 7) is 13.4. The van der Waals surface area contributed by atoms with Crippen molar-refractivity contribution in [2.45, 2.75) is 153 Å². The van der Waals surface area contributed by atoms with E-state index < -0.39 is 76.9 Å². The maximum Gasteiger partial charge on any atom is 0.407 e. The van der Waals surface area contributed by atoms with Gasteiger partial charge in [-0.3, -0.25) is 0 Å². The van der Waals surface area contributed by atoms with Gasteiger partial charge in [-0.2, -0.15) is 36.7 Å². The second-order valence-electron chi connectivity index (χ2n) is 18.1. The van der Waals surface area contributed by atoms with Gasteiger partial charge in [0.15, 0.2) is 0 Å². The van der Waals surface area contributed by atoms with Crippen LogP contribution in [0.4, 0.5) is 22.8 Å². The van der Waals surface area contributed by atoms with Crippen LogP contribution in [-0.2, 0) is 67.2 Å². The van der Waals surface area contributed by atoms with Gasteiger partial charge in [0.25, 0.3) is 0 Å². The molecule has 0 radical (unpaired) electrons. The Labute approximate surface area is 450 Å².